The van der Waals surface area contributed by atoms with Gasteiger partial charge in [-0.25, -0.2) is 19.0 Å². The maximum absolute atomic E-state index is 12.7. The van der Waals surface area contributed by atoms with Crippen LogP contribution in [-0.4, -0.2) is 58.8 Å². The number of imidazole rings is 1. The van der Waals surface area contributed by atoms with E-state index in [-0.39, 0.29) is 19.6 Å². The summed E-state index contributed by atoms with van der Waals surface area (Å²) in [6, 6.07) is 15.5. The first-order valence-electron chi connectivity index (χ1n) is 11.0. The Morgan fingerprint density at radius 2 is 1.83 bits per heavy atom. The number of rotatable bonds is 10. The molecule has 3 N–H and O–H groups in total. The zero-order valence-electron chi connectivity index (χ0n) is 19.1. The standard InChI is InChI=1S/C24H23N7O5/c25-19(13-22(33)34)20(32)14-31-21(27-28-29-31)12-17-7-4-8-18(11-17)23-26-9-10-30(23)24(35)36-15-16-5-2-1-3-6-16/h1-11,19H,12-15,25H2,(H,33,34). The van der Waals surface area contributed by atoms with E-state index in [0.29, 0.717) is 17.2 Å². The highest BCUT2D eigenvalue weighted by molar-refractivity contribution is 5.87. The van der Waals surface area contributed by atoms with Crippen LogP contribution in [0.3, 0.4) is 0 Å². The predicted octanol–water partition coefficient (Wildman–Crippen LogP) is 1.68. The van der Waals surface area contributed by atoms with E-state index < -0.39 is 30.3 Å². The number of hydrogen-bond acceptors (Lipinski definition) is 9. The third kappa shape index (κ3) is 6.04. The van der Waals surface area contributed by atoms with Gasteiger partial charge < -0.3 is 15.6 Å². The first-order chi connectivity index (χ1) is 17.4. The molecule has 0 aliphatic carbocycles. The lowest BCUT2D eigenvalue weighted by Crippen LogP contribution is -2.36. The van der Waals surface area contributed by atoms with Crippen molar-refractivity contribution in [2.75, 3.05) is 0 Å². The summed E-state index contributed by atoms with van der Waals surface area (Å²) in [6.45, 7) is -0.108. The number of carboxylic acids is 1. The molecule has 4 aromatic rings. The van der Waals surface area contributed by atoms with Gasteiger partial charge in [0.1, 0.15) is 19.0 Å². The van der Waals surface area contributed by atoms with Crippen LogP contribution in [0, 0.1) is 0 Å². The van der Waals surface area contributed by atoms with E-state index in [1.54, 1.807) is 6.07 Å². The van der Waals surface area contributed by atoms with Crippen LogP contribution in [0.2, 0.25) is 0 Å². The van der Waals surface area contributed by atoms with Crippen LogP contribution >= 0.6 is 0 Å². The third-order valence-corrected chi connectivity index (χ3v) is 5.31. The summed E-state index contributed by atoms with van der Waals surface area (Å²) in [5.74, 6) is -0.847. The molecule has 12 heteroatoms. The summed E-state index contributed by atoms with van der Waals surface area (Å²) < 4.78 is 8.04. The molecule has 0 spiro atoms. The number of carbonyl (C=O) groups excluding carboxylic acids is 2. The molecule has 2 aromatic heterocycles. The topological polar surface area (TPSA) is 168 Å². The predicted molar refractivity (Wildman–Crippen MR) is 126 cm³/mol. The summed E-state index contributed by atoms with van der Waals surface area (Å²) >= 11 is 0. The van der Waals surface area contributed by atoms with Gasteiger partial charge in [0.05, 0.1) is 12.5 Å². The Kier molecular flexibility index (Phi) is 7.56. The molecule has 4 rings (SSSR count). The Hall–Kier alpha value is -4.71. The molecule has 184 valence electrons. The van der Waals surface area contributed by atoms with Gasteiger partial charge in [0.2, 0.25) is 0 Å². The summed E-state index contributed by atoms with van der Waals surface area (Å²) in [5.41, 5.74) is 7.99. The highest BCUT2D eigenvalue weighted by Gasteiger charge is 2.20. The number of aromatic nitrogens is 6. The maximum Gasteiger partial charge on any atom is 0.420 e. The molecule has 1 atom stereocenters. The zero-order valence-corrected chi connectivity index (χ0v) is 19.1. The average Bonchev–Trinajstić information content (AvgIpc) is 3.53. The second kappa shape index (κ2) is 11.1. The molecule has 36 heavy (non-hydrogen) atoms. The van der Waals surface area contributed by atoms with E-state index in [4.69, 9.17) is 15.6 Å². The van der Waals surface area contributed by atoms with Gasteiger partial charge in [0, 0.05) is 24.4 Å². The maximum atomic E-state index is 12.7. The highest BCUT2D eigenvalue weighted by atomic mass is 16.5. The van der Waals surface area contributed by atoms with Gasteiger partial charge in [-0.15, -0.1) is 5.10 Å². The van der Waals surface area contributed by atoms with Crippen molar-refractivity contribution in [1.82, 2.24) is 29.8 Å². The van der Waals surface area contributed by atoms with Gasteiger partial charge in [-0.2, -0.15) is 0 Å². The van der Waals surface area contributed by atoms with Gasteiger partial charge >= 0.3 is 12.1 Å². The van der Waals surface area contributed by atoms with E-state index in [1.807, 2.05) is 48.5 Å². The Morgan fingerprint density at radius 1 is 1.06 bits per heavy atom. The normalized spacial score (nSPS) is 11.7. The Bertz CT molecular complexity index is 1370. The van der Waals surface area contributed by atoms with Crippen LogP contribution in [-0.2, 0) is 33.9 Å². The van der Waals surface area contributed by atoms with E-state index in [2.05, 4.69) is 20.5 Å². The molecule has 2 aromatic carbocycles. The van der Waals surface area contributed by atoms with Crippen LogP contribution in [0.1, 0.15) is 23.4 Å². The van der Waals surface area contributed by atoms with Gasteiger partial charge in [-0.3, -0.25) is 9.59 Å². The molecule has 0 aliphatic rings. The van der Waals surface area contributed by atoms with Crippen molar-refractivity contribution in [3.8, 4) is 11.4 Å². The molecule has 1 unspecified atom stereocenters. The molecule has 0 fully saturated rings. The van der Waals surface area contributed by atoms with Crippen molar-refractivity contribution in [3.05, 3.63) is 83.9 Å². The second-order valence-electron chi connectivity index (χ2n) is 7.96. The third-order valence-electron chi connectivity index (χ3n) is 5.31. The van der Waals surface area contributed by atoms with E-state index in [9.17, 15) is 14.4 Å². The first-order valence-corrected chi connectivity index (χ1v) is 11.0. The van der Waals surface area contributed by atoms with Crippen molar-refractivity contribution < 1.29 is 24.2 Å². The SMILES string of the molecule is NC(CC(=O)O)C(=O)Cn1nnnc1Cc1cccc(-c2nccn2C(=O)OCc2ccccc2)c1. The lowest BCUT2D eigenvalue weighted by atomic mass is 10.1. The van der Waals surface area contributed by atoms with Gasteiger partial charge in [-0.1, -0.05) is 48.5 Å². The molecule has 0 saturated carbocycles. The quantitative estimate of drug-likeness (QED) is 0.334. The molecule has 2 heterocycles. The summed E-state index contributed by atoms with van der Waals surface area (Å²) in [6.07, 6.45) is 2.29. The fourth-order valence-corrected chi connectivity index (χ4v) is 3.50. The number of aliphatic carboxylic acids is 1. The fourth-order valence-electron chi connectivity index (χ4n) is 3.50. The number of nitrogens with zero attached hydrogens (tertiary/aromatic N) is 6. The number of carboxylic acid groups (broad SMARTS) is 1. The summed E-state index contributed by atoms with van der Waals surface area (Å²) in [7, 11) is 0. The van der Waals surface area contributed by atoms with Crippen LogP contribution < -0.4 is 5.73 Å². The lowest BCUT2D eigenvalue weighted by Gasteiger charge is -2.10. The molecule has 0 saturated heterocycles. The van der Waals surface area contributed by atoms with Crippen molar-refractivity contribution >= 4 is 17.8 Å². The number of carbonyl (C=O) groups is 3. The summed E-state index contributed by atoms with van der Waals surface area (Å²) in [5, 5.41) is 20.3. The number of ketones is 1. The van der Waals surface area contributed by atoms with E-state index >= 15 is 0 Å². The second-order valence-corrected chi connectivity index (χ2v) is 7.96. The minimum atomic E-state index is -1.16. The number of Topliss-reactive ketones (excluding diaryl/α,β-unsaturated/α-hetero) is 1. The average molecular weight is 489 g/mol. The molecule has 0 radical (unpaired) electrons. The molecular formula is C24H23N7O5. The minimum Gasteiger partial charge on any atom is -0.481 e. The fraction of sp³-hybridized carbons (Fsp3) is 0.208. The molecule has 0 bridgehead atoms. The van der Waals surface area contributed by atoms with E-state index in [1.165, 1.54) is 21.6 Å². The van der Waals surface area contributed by atoms with Crippen molar-refractivity contribution in [2.24, 2.45) is 5.73 Å². The van der Waals surface area contributed by atoms with Crippen molar-refractivity contribution in [3.63, 3.8) is 0 Å². The Balaban J connectivity index is 1.46. The number of hydrogen-bond donors (Lipinski definition) is 2. The van der Waals surface area contributed by atoms with E-state index in [0.717, 1.165) is 11.1 Å². The van der Waals surface area contributed by atoms with Gasteiger partial charge in [0.25, 0.3) is 0 Å². The Morgan fingerprint density at radius 3 is 2.61 bits per heavy atom. The number of benzene rings is 2. The monoisotopic (exact) mass is 489 g/mol. The zero-order chi connectivity index (χ0) is 25.5. The lowest BCUT2D eigenvalue weighted by molar-refractivity contribution is -0.139. The number of ether oxygens (including phenoxy) is 1. The largest absolute Gasteiger partial charge is 0.481 e. The van der Waals surface area contributed by atoms with Crippen LogP contribution in [0.15, 0.2) is 67.0 Å². The highest BCUT2D eigenvalue weighted by Crippen LogP contribution is 2.21. The number of tetrazole rings is 1. The van der Waals surface area contributed by atoms with Crippen LogP contribution in [0.4, 0.5) is 4.79 Å². The van der Waals surface area contributed by atoms with Crippen molar-refractivity contribution in [2.45, 2.75) is 32.0 Å². The number of nitrogens with two attached hydrogens (primary N) is 1. The molecular weight excluding hydrogens is 466 g/mol. The van der Waals surface area contributed by atoms with Gasteiger partial charge in [0.15, 0.2) is 11.6 Å². The van der Waals surface area contributed by atoms with Gasteiger partial charge in [-0.05, 0) is 27.6 Å². The molecule has 0 amide bonds. The Labute approximate surface area is 205 Å². The smallest absolute Gasteiger partial charge is 0.420 e. The first kappa shape index (κ1) is 24.4. The van der Waals surface area contributed by atoms with Crippen LogP contribution in [0.5, 0.6) is 0 Å². The summed E-state index contributed by atoms with van der Waals surface area (Å²) in [4.78, 5) is 40.0. The van der Waals surface area contributed by atoms with Crippen LogP contribution in [0.25, 0.3) is 11.4 Å². The molecule has 0 aliphatic heterocycles. The molecule has 12 nitrogen and oxygen atoms in total. The minimum absolute atomic E-state index is 0.134. The van der Waals surface area contributed by atoms with Crippen molar-refractivity contribution in [1.29, 1.82) is 0 Å².